The normalized spacial score (nSPS) is 12.4. The smallest absolute Gasteiger partial charge is 0.303 e. The predicted molar refractivity (Wildman–Crippen MR) is 59.8 cm³/mol. The Morgan fingerprint density at radius 1 is 1.13 bits per heavy atom. The van der Waals surface area contributed by atoms with Gasteiger partial charge in [-0.2, -0.15) is 0 Å². The Morgan fingerprint density at radius 3 is 2.27 bits per heavy atom. The van der Waals surface area contributed by atoms with Crippen LogP contribution in [-0.4, -0.2) is 16.9 Å². The molecule has 0 amide bonds. The first-order chi connectivity index (χ1) is 7.07. The maximum atomic E-state index is 11.2. The average Bonchev–Trinajstić information content (AvgIpc) is 2.15. The van der Waals surface area contributed by atoms with Gasteiger partial charge >= 0.3 is 5.97 Å². The third-order valence-electron chi connectivity index (χ3n) is 2.69. The lowest BCUT2D eigenvalue weighted by Crippen LogP contribution is -2.12. The van der Waals surface area contributed by atoms with Crippen LogP contribution in [0.5, 0.6) is 0 Å². The van der Waals surface area contributed by atoms with Crippen molar-refractivity contribution >= 4 is 11.8 Å². The molecule has 0 aromatic rings. The van der Waals surface area contributed by atoms with Gasteiger partial charge in [-0.15, -0.1) is 0 Å². The molecule has 0 aliphatic rings. The van der Waals surface area contributed by atoms with Gasteiger partial charge in [0.05, 0.1) is 0 Å². The standard InChI is InChI=1S/C12H22O3/c1-3-4-5-6-7-11(10(2)13)8-9-12(14)15/h11H,3-9H2,1-2H3,(H,14,15). The maximum Gasteiger partial charge on any atom is 0.303 e. The molecule has 1 atom stereocenters. The Balaban J connectivity index is 3.73. The van der Waals surface area contributed by atoms with Crippen molar-refractivity contribution in [2.24, 2.45) is 5.92 Å². The summed E-state index contributed by atoms with van der Waals surface area (Å²) in [6.45, 7) is 3.71. The molecule has 0 saturated heterocycles. The molecule has 0 aromatic carbocycles. The van der Waals surface area contributed by atoms with Crippen LogP contribution >= 0.6 is 0 Å². The van der Waals surface area contributed by atoms with Crippen LogP contribution in [0.15, 0.2) is 0 Å². The third kappa shape index (κ3) is 8.16. The third-order valence-corrected chi connectivity index (χ3v) is 2.69. The van der Waals surface area contributed by atoms with E-state index in [2.05, 4.69) is 6.92 Å². The van der Waals surface area contributed by atoms with E-state index in [1.807, 2.05) is 0 Å². The molecule has 1 unspecified atom stereocenters. The Hall–Kier alpha value is -0.860. The van der Waals surface area contributed by atoms with E-state index in [9.17, 15) is 9.59 Å². The van der Waals surface area contributed by atoms with Gasteiger partial charge in [0.2, 0.25) is 0 Å². The van der Waals surface area contributed by atoms with Crippen LogP contribution in [0.1, 0.15) is 58.8 Å². The highest BCUT2D eigenvalue weighted by Gasteiger charge is 2.14. The lowest BCUT2D eigenvalue weighted by Gasteiger charge is -2.11. The SMILES string of the molecule is CCCCCCC(CCC(=O)O)C(C)=O. The summed E-state index contributed by atoms with van der Waals surface area (Å²) in [4.78, 5) is 21.6. The molecule has 3 heteroatoms. The Kier molecular flexibility index (Phi) is 7.96. The average molecular weight is 214 g/mol. The van der Waals surface area contributed by atoms with Crippen molar-refractivity contribution in [3.8, 4) is 0 Å². The molecule has 88 valence electrons. The topological polar surface area (TPSA) is 54.4 Å². The van der Waals surface area contributed by atoms with Gasteiger partial charge in [-0.3, -0.25) is 9.59 Å². The van der Waals surface area contributed by atoms with E-state index in [0.29, 0.717) is 6.42 Å². The fourth-order valence-electron chi connectivity index (χ4n) is 1.67. The summed E-state index contributed by atoms with van der Waals surface area (Å²) in [7, 11) is 0. The van der Waals surface area contributed by atoms with Crippen molar-refractivity contribution in [1.82, 2.24) is 0 Å². The number of unbranched alkanes of at least 4 members (excludes halogenated alkanes) is 3. The van der Waals surface area contributed by atoms with Crippen molar-refractivity contribution in [1.29, 1.82) is 0 Å². The molecule has 0 radical (unpaired) electrons. The van der Waals surface area contributed by atoms with Crippen molar-refractivity contribution in [3.05, 3.63) is 0 Å². The molecule has 0 bridgehead atoms. The van der Waals surface area contributed by atoms with Gasteiger partial charge in [-0.05, 0) is 19.8 Å². The van der Waals surface area contributed by atoms with E-state index in [-0.39, 0.29) is 18.1 Å². The first-order valence-corrected chi connectivity index (χ1v) is 5.80. The molecule has 0 aliphatic carbocycles. The fourth-order valence-corrected chi connectivity index (χ4v) is 1.67. The number of carbonyl (C=O) groups excluding carboxylic acids is 1. The molecule has 3 nitrogen and oxygen atoms in total. The quantitative estimate of drug-likeness (QED) is 0.600. The number of carboxylic acids is 1. The minimum atomic E-state index is -0.810. The van der Waals surface area contributed by atoms with Crippen LogP contribution in [0.4, 0.5) is 0 Å². The lowest BCUT2D eigenvalue weighted by atomic mass is 9.93. The van der Waals surface area contributed by atoms with Crippen LogP contribution in [0.25, 0.3) is 0 Å². The second-order valence-corrected chi connectivity index (χ2v) is 4.09. The number of carboxylic acid groups (broad SMARTS) is 1. The molecule has 1 N–H and O–H groups in total. The largest absolute Gasteiger partial charge is 0.481 e. The van der Waals surface area contributed by atoms with E-state index in [4.69, 9.17) is 5.11 Å². The van der Waals surface area contributed by atoms with Crippen LogP contribution in [0.3, 0.4) is 0 Å². The van der Waals surface area contributed by atoms with Gasteiger partial charge in [0.1, 0.15) is 5.78 Å². The van der Waals surface area contributed by atoms with Crippen molar-refractivity contribution in [2.45, 2.75) is 58.8 Å². The summed E-state index contributed by atoms with van der Waals surface area (Å²) >= 11 is 0. The molecular weight excluding hydrogens is 192 g/mol. The highest BCUT2D eigenvalue weighted by Crippen LogP contribution is 2.17. The maximum absolute atomic E-state index is 11.2. The summed E-state index contributed by atoms with van der Waals surface area (Å²) in [5, 5.41) is 8.54. The minimum Gasteiger partial charge on any atom is -0.481 e. The minimum absolute atomic E-state index is 0.0436. The molecule has 0 rings (SSSR count). The zero-order valence-corrected chi connectivity index (χ0v) is 9.79. The Bertz CT molecular complexity index is 199. The van der Waals surface area contributed by atoms with E-state index in [1.165, 1.54) is 12.8 Å². The first kappa shape index (κ1) is 14.1. The van der Waals surface area contributed by atoms with Gasteiger partial charge in [-0.25, -0.2) is 0 Å². The molecule has 0 fully saturated rings. The number of ketones is 1. The van der Waals surface area contributed by atoms with E-state index < -0.39 is 5.97 Å². The number of hydrogen-bond acceptors (Lipinski definition) is 2. The van der Waals surface area contributed by atoms with Gasteiger partial charge in [0, 0.05) is 12.3 Å². The molecule has 15 heavy (non-hydrogen) atoms. The number of carbonyl (C=O) groups is 2. The molecular formula is C12H22O3. The van der Waals surface area contributed by atoms with E-state index in [1.54, 1.807) is 6.92 Å². The van der Waals surface area contributed by atoms with Crippen molar-refractivity contribution in [3.63, 3.8) is 0 Å². The van der Waals surface area contributed by atoms with E-state index in [0.717, 1.165) is 19.3 Å². The molecule has 0 aliphatic heterocycles. The summed E-state index contributed by atoms with van der Waals surface area (Å²) in [5.41, 5.74) is 0. The van der Waals surface area contributed by atoms with Crippen LogP contribution in [-0.2, 0) is 9.59 Å². The van der Waals surface area contributed by atoms with Crippen LogP contribution in [0, 0.1) is 5.92 Å². The van der Waals surface area contributed by atoms with Gasteiger partial charge in [0.25, 0.3) is 0 Å². The number of aliphatic carboxylic acids is 1. The predicted octanol–water partition coefficient (Wildman–Crippen LogP) is 3.03. The Labute approximate surface area is 91.9 Å². The highest BCUT2D eigenvalue weighted by atomic mass is 16.4. The van der Waals surface area contributed by atoms with Crippen LogP contribution < -0.4 is 0 Å². The summed E-state index contributed by atoms with van der Waals surface area (Å²) < 4.78 is 0. The fraction of sp³-hybridized carbons (Fsp3) is 0.833. The van der Waals surface area contributed by atoms with Gasteiger partial charge < -0.3 is 5.11 Å². The first-order valence-electron chi connectivity index (χ1n) is 5.80. The summed E-state index contributed by atoms with van der Waals surface area (Å²) in [6, 6.07) is 0. The second kappa shape index (κ2) is 8.45. The molecule has 0 aromatic heterocycles. The zero-order chi connectivity index (χ0) is 11.7. The number of Topliss-reactive ketones (excluding diaryl/α,β-unsaturated/α-hetero) is 1. The van der Waals surface area contributed by atoms with E-state index >= 15 is 0 Å². The zero-order valence-electron chi connectivity index (χ0n) is 9.79. The number of rotatable bonds is 9. The lowest BCUT2D eigenvalue weighted by molar-refractivity contribution is -0.137. The molecule has 0 heterocycles. The molecule has 0 spiro atoms. The second-order valence-electron chi connectivity index (χ2n) is 4.09. The van der Waals surface area contributed by atoms with Crippen molar-refractivity contribution in [2.75, 3.05) is 0 Å². The monoisotopic (exact) mass is 214 g/mol. The van der Waals surface area contributed by atoms with Crippen LogP contribution in [0.2, 0.25) is 0 Å². The van der Waals surface area contributed by atoms with Gasteiger partial charge in [-0.1, -0.05) is 32.6 Å². The molecule has 0 saturated carbocycles. The summed E-state index contributed by atoms with van der Waals surface area (Å²) in [5.74, 6) is -0.722. The Morgan fingerprint density at radius 2 is 1.80 bits per heavy atom. The summed E-state index contributed by atoms with van der Waals surface area (Å²) in [6.07, 6.45) is 6.02. The highest BCUT2D eigenvalue weighted by molar-refractivity contribution is 5.79. The number of hydrogen-bond donors (Lipinski definition) is 1. The van der Waals surface area contributed by atoms with Gasteiger partial charge in [0.15, 0.2) is 0 Å². The van der Waals surface area contributed by atoms with Crippen molar-refractivity contribution < 1.29 is 14.7 Å².